The Bertz CT molecular complexity index is 819. The van der Waals surface area contributed by atoms with Crippen molar-refractivity contribution in [1.82, 2.24) is 15.3 Å². The molecule has 0 bridgehead atoms. The van der Waals surface area contributed by atoms with E-state index in [-0.39, 0.29) is 11.6 Å². The monoisotopic (exact) mass is 357 g/mol. The highest BCUT2D eigenvalue weighted by atomic mass is 16.5. The van der Waals surface area contributed by atoms with E-state index < -0.39 is 0 Å². The first-order chi connectivity index (χ1) is 12.5. The molecule has 1 amide bonds. The number of carbonyl (C=O) groups excluding carboxylic acids is 1. The van der Waals surface area contributed by atoms with Gasteiger partial charge in [0.05, 0.1) is 0 Å². The first-order valence-corrected chi connectivity index (χ1v) is 8.88. The molecule has 0 aliphatic carbocycles. The van der Waals surface area contributed by atoms with Crippen LogP contribution in [0, 0.1) is 6.92 Å². The number of hydrogen-bond acceptors (Lipinski definition) is 5. The van der Waals surface area contributed by atoms with Crippen molar-refractivity contribution < 1.29 is 9.53 Å². The Labute approximate surface area is 153 Å². The standard InChI is InChI=1S/C19H27N5O2/c1-12-15-9-13(11-22-19(25)17(10-20)24(2)21)3-4-16(15)23-18(12)14-5-7-26-8-6-14/h3-4,9-10,14,23H,5-8,11,20-21H2,1-2H3,(H,22,25)/b17-10-. The lowest BCUT2D eigenvalue weighted by atomic mass is 9.93. The molecule has 1 saturated heterocycles. The van der Waals surface area contributed by atoms with Crippen molar-refractivity contribution in [2.75, 3.05) is 20.3 Å². The molecule has 0 radical (unpaired) electrons. The summed E-state index contributed by atoms with van der Waals surface area (Å²) in [6, 6.07) is 6.22. The number of nitrogens with zero attached hydrogens (tertiary/aromatic N) is 1. The molecule has 2 heterocycles. The molecule has 26 heavy (non-hydrogen) atoms. The van der Waals surface area contributed by atoms with E-state index in [1.54, 1.807) is 7.05 Å². The Hall–Kier alpha value is -2.51. The van der Waals surface area contributed by atoms with Gasteiger partial charge in [-0.2, -0.15) is 0 Å². The number of hydrogen-bond donors (Lipinski definition) is 4. The van der Waals surface area contributed by atoms with Crippen molar-refractivity contribution >= 4 is 16.8 Å². The van der Waals surface area contributed by atoms with Crippen LogP contribution in [0.5, 0.6) is 0 Å². The van der Waals surface area contributed by atoms with Gasteiger partial charge in [0.15, 0.2) is 0 Å². The van der Waals surface area contributed by atoms with E-state index in [9.17, 15) is 4.79 Å². The zero-order valence-corrected chi connectivity index (χ0v) is 15.3. The lowest BCUT2D eigenvalue weighted by molar-refractivity contribution is -0.119. The van der Waals surface area contributed by atoms with Crippen LogP contribution < -0.4 is 16.9 Å². The van der Waals surface area contributed by atoms with E-state index in [0.717, 1.165) is 37.1 Å². The highest BCUT2D eigenvalue weighted by Crippen LogP contribution is 2.33. The minimum absolute atomic E-state index is 0.228. The van der Waals surface area contributed by atoms with Crippen LogP contribution in [0.1, 0.15) is 35.6 Å². The quantitative estimate of drug-likeness (QED) is 0.369. The molecule has 0 saturated carbocycles. The van der Waals surface area contributed by atoms with Crippen molar-refractivity contribution in [2.45, 2.75) is 32.2 Å². The van der Waals surface area contributed by atoms with Crippen molar-refractivity contribution in [3.05, 3.63) is 46.9 Å². The third-order valence-corrected chi connectivity index (χ3v) is 5.01. The Balaban J connectivity index is 1.76. The summed E-state index contributed by atoms with van der Waals surface area (Å²) in [7, 11) is 1.57. The van der Waals surface area contributed by atoms with Crippen LogP contribution in [0.3, 0.4) is 0 Å². The molecule has 1 fully saturated rings. The maximum Gasteiger partial charge on any atom is 0.270 e. The molecule has 0 atom stereocenters. The molecule has 1 aromatic carbocycles. The van der Waals surface area contributed by atoms with Gasteiger partial charge in [-0.1, -0.05) is 6.07 Å². The largest absolute Gasteiger partial charge is 0.403 e. The molecule has 0 spiro atoms. The van der Waals surface area contributed by atoms with E-state index in [2.05, 4.69) is 29.4 Å². The number of H-pyrrole nitrogens is 1. The van der Waals surface area contributed by atoms with Crippen LogP contribution in [0.15, 0.2) is 30.1 Å². The maximum atomic E-state index is 12.1. The number of fused-ring (bicyclic) bond motifs is 1. The molecule has 7 heteroatoms. The summed E-state index contributed by atoms with van der Waals surface area (Å²) in [5.41, 5.74) is 10.4. The predicted octanol–water partition coefficient (Wildman–Crippen LogP) is 1.59. The molecule has 1 aromatic heterocycles. The number of rotatable bonds is 5. The summed E-state index contributed by atoms with van der Waals surface area (Å²) in [4.78, 5) is 15.7. The van der Waals surface area contributed by atoms with Gasteiger partial charge >= 0.3 is 0 Å². The minimum Gasteiger partial charge on any atom is -0.403 e. The van der Waals surface area contributed by atoms with Gasteiger partial charge in [0, 0.05) is 55.5 Å². The zero-order chi connectivity index (χ0) is 18.7. The van der Waals surface area contributed by atoms with Gasteiger partial charge in [-0.25, -0.2) is 5.84 Å². The second-order valence-corrected chi connectivity index (χ2v) is 6.78. The molecular formula is C19H27N5O2. The fraction of sp³-hybridized carbons (Fsp3) is 0.421. The van der Waals surface area contributed by atoms with E-state index in [1.165, 1.54) is 27.9 Å². The molecule has 7 nitrogen and oxygen atoms in total. The Morgan fingerprint density at radius 3 is 2.81 bits per heavy atom. The van der Waals surface area contributed by atoms with Crippen LogP contribution in [-0.2, 0) is 16.1 Å². The van der Waals surface area contributed by atoms with Crippen LogP contribution in [0.4, 0.5) is 0 Å². The number of likely N-dealkylation sites (N-methyl/N-ethyl adjacent to an activating group) is 1. The normalized spacial score (nSPS) is 16.0. The highest BCUT2D eigenvalue weighted by Gasteiger charge is 2.21. The van der Waals surface area contributed by atoms with Crippen LogP contribution >= 0.6 is 0 Å². The summed E-state index contributed by atoms with van der Waals surface area (Å²) in [5.74, 6) is 5.82. The van der Waals surface area contributed by atoms with Gasteiger partial charge < -0.3 is 25.8 Å². The lowest BCUT2D eigenvalue weighted by Gasteiger charge is -2.21. The first kappa shape index (κ1) is 18.3. The molecule has 6 N–H and O–H groups in total. The predicted molar refractivity (Wildman–Crippen MR) is 102 cm³/mol. The van der Waals surface area contributed by atoms with E-state index in [0.29, 0.717) is 12.5 Å². The number of nitrogens with two attached hydrogens (primary N) is 2. The van der Waals surface area contributed by atoms with Crippen LogP contribution in [0.2, 0.25) is 0 Å². The molecule has 2 aromatic rings. The van der Waals surface area contributed by atoms with Gasteiger partial charge in [-0.05, 0) is 43.0 Å². The number of hydrazine groups is 1. The second-order valence-electron chi connectivity index (χ2n) is 6.78. The van der Waals surface area contributed by atoms with E-state index >= 15 is 0 Å². The number of ether oxygens (including phenoxy) is 1. The van der Waals surface area contributed by atoms with Gasteiger partial charge in [0.1, 0.15) is 5.70 Å². The second kappa shape index (κ2) is 7.80. The number of aromatic amines is 1. The van der Waals surface area contributed by atoms with Crippen molar-refractivity contribution in [2.24, 2.45) is 11.6 Å². The minimum atomic E-state index is -0.300. The van der Waals surface area contributed by atoms with Crippen molar-refractivity contribution in [3.8, 4) is 0 Å². The Morgan fingerprint density at radius 2 is 2.15 bits per heavy atom. The van der Waals surface area contributed by atoms with E-state index in [1.807, 2.05) is 6.07 Å². The SMILES string of the molecule is Cc1c(C2CCOCC2)[nH]c2ccc(CNC(=O)/C(=C/N)N(C)N)cc12. The number of amides is 1. The molecule has 140 valence electrons. The molecule has 1 aliphatic rings. The molecular weight excluding hydrogens is 330 g/mol. The van der Waals surface area contributed by atoms with Crippen LogP contribution in [0.25, 0.3) is 10.9 Å². The Morgan fingerprint density at radius 1 is 1.42 bits per heavy atom. The fourth-order valence-electron chi connectivity index (χ4n) is 3.53. The molecule has 3 rings (SSSR count). The summed E-state index contributed by atoms with van der Waals surface area (Å²) in [6.45, 7) is 4.22. The summed E-state index contributed by atoms with van der Waals surface area (Å²) >= 11 is 0. The topological polar surface area (TPSA) is 109 Å². The third kappa shape index (κ3) is 3.68. The fourth-order valence-corrected chi connectivity index (χ4v) is 3.53. The van der Waals surface area contributed by atoms with Gasteiger partial charge in [0.2, 0.25) is 0 Å². The third-order valence-electron chi connectivity index (χ3n) is 5.01. The number of carbonyl (C=O) groups is 1. The summed E-state index contributed by atoms with van der Waals surface area (Å²) < 4.78 is 5.47. The number of aromatic nitrogens is 1. The first-order valence-electron chi connectivity index (χ1n) is 8.88. The number of aryl methyl sites for hydroxylation is 1. The zero-order valence-electron chi connectivity index (χ0n) is 15.3. The van der Waals surface area contributed by atoms with Gasteiger partial charge in [-0.15, -0.1) is 0 Å². The molecule has 0 unspecified atom stereocenters. The highest BCUT2D eigenvalue weighted by molar-refractivity contribution is 5.92. The van der Waals surface area contributed by atoms with Crippen molar-refractivity contribution in [1.29, 1.82) is 0 Å². The summed E-state index contributed by atoms with van der Waals surface area (Å²) in [5, 5.41) is 5.25. The average Bonchev–Trinajstić information content (AvgIpc) is 2.97. The van der Waals surface area contributed by atoms with Crippen molar-refractivity contribution in [3.63, 3.8) is 0 Å². The van der Waals surface area contributed by atoms with Gasteiger partial charge in [0.25, 0.3) is 5.91 Å². The molecule has 1 aliphatic heterocycles. The Kier molecular flexibility index (Phi) is 5.49. The van der Waals surface area contributed by atoms with Gasteiger partial charge in [-0.3, -0.25) is 4.79 Å². The smallest absolute Gasteiger partial charge is 0.270 e. The average molecular weight is 357 g/mol. The lowest BCUT2D eigenvalue weighted by Crippen LogP contribution is -2.36. The summed E-state index contributed by atoms with van der Waals surface area (Å²) in [6.07, 6.45) is 3.31. The number of benzene rings is 1. The van der Waals surface area contributed by atoms with E-state index in [4.69, 9.17) is 16.3 Å². The van der Waals surface area contributed by atoms with Crippen LogP contribution in [-0.4, -0.2) is 36.2 Å². The number of nitrogens with one attached hydrogen (secondary N) is 2. The maximum absolute atomic E-state index is 12.1.